The van der Waals surface area contributed by atoms with Gasteiger partial charge < -0.3 is 9.80 Å². The monoisotopic (exact) mass is 271 g/mol. The summed E-state index contributed by atoms with van der Waals surface area (Å²) in [4.78, 5) is 17.6. The number of rotatable bonds is 3. The first-order valence-corrected chi connectivity index (χ1v) is 6.57. The first kappa shape index (κ1) is 14.2. The van der Waals surface area contributed by atoms with Crippen molar-refractivity contribution in [3.8, 4) is 11.3 Å². The molecule has 5 heteroatoms. The lowest BCUT2D eigenvalue weighted by molar-refractivity contribution is 0.964. The molecule has 2 heterocycles. The molecule has 0 atom stereocenters. The lowest BCUT2D eigenvalue weighted by atomic mass is 10.1. The molecule has 106 valence electrons. The number of hydrogen-bond donors (Lipinski definition) is 0. The minimum atomic E-state index is 0.719. The zero-order chi connectivity index (χ0) is 14.9. The third-order valence-electron chi connectivity index (χ3n) is 3.24. The summed E-state index contributed by atoms with van der Waals surface area (Å²) in [5, 5.41) is 0. The molecule has 0 amide bonds. The van der Waals surface area contributed by atoms with E-state index < -0.39 is 0 Å². The Balaban J connectivity index is 2.69. The highest BCUT2D eigenvalue weighted by molar-refractivity contribution is 5.76. The summed E-state index contributed by atoms with van der Waals surface area (Å²) in [6.45, 7) is 4.07. The van der Waals surface area contributed by atoms with Crippen molar-refractivity contribution in [1.82, 2.24) is 15.0 Å². The van der Waals surface area contributed by atoms with E-state index in [0.29, 0.717) is 0 Å². The van der Waals surface area contributed by atoms with Crippen LogP contribution in [0.3, 0.4) is 0 Å². The van der Waals surface area contributed by atoms with Crippen LogP contribution in [0.4, 0.5) is 11.8 Å². The molecule has 0 bridgehead atoms. The third-order valence-corrected chi connectivity index (χ3v) is 3.24. The van der Waals surface area contributed by atoms with E-state index in [2.05, 4.69) is 23.0 Å². The van der Waals surface area contributed by atoms with Crippen molar-refractivity contribution in [2.75, 3.05) is 38.0 Å². The largest absolute Gasteiger partial charge is 0.362 e. The zero-order valence-corrected chi connectivity index (χ0v) is 13.0. The fraction of sp³-hybridized carbons (Fsp3) is 0.400. The van der Waals surface area contributed by atoms with Crippen LogP contribution in [-0.2, 0) is 0 Å². The Morgan fingerprint density at radius 1 is 0.950 bits per heavy atom. The molecule has 0 aliphatic rings. The lowest BCUT2D eigenvalue weighted by Crippen LogP contribution is -2.16. The summed E-state index contributed by atoms with van der Waals surface area (Å²) in [7, 11) is 7.87. The summed E-state index contributed by atoms with van der Waals surface area (Å²) in [6, 6.07) is 3.99. The van der Waals surface area contributed by atoms with Crippen molar-refractivity contribution in [2.24, 2.45) is 0 Å². The van der Waals surface area contributed by atoms with Crippen molar-refractivity contribution >= 4 is 11.8 Å². The van der Waals surface area contributed by atoms with Gasteiger partial charge in [-0.15, -0.1) is 0 Å². The van der Waals surface area contributed by atoms with Gasteiger partial charge in [-0.25, -0.2) is 15.0 Å². The molecule has 0 unspecified atom stereocenters. The minimum absolute atomic E-state index is 0.719. The van der Waals surface area contributed by atoms with Crippen LogP contribution in [-0.4, -0.2) is 43.1 Å². The van der Waals surface area contributed by atoms with Crippen molar-refractivity contribution < 1.29 is 0 Å². The molecule has 2 rings (SSSR count). The number of aromatic nitrogens is 3. The molecule has 0 aromatic carbocycles. The zero-order valence-electron chi connectivity index (χ0n) is 13.0. The van der Waals surface area contributed by atoms with Gasteiger partial charge in [-0.05, 0) is 31.5 Å². The Kier molecular flexibility index (Phi) is 3.88. The van der Waals surface area contributed by atoms with E-state index in [4.69, 9.17) is 4.98 Å². The molecule has 0 aliphatic heterocycles. The highest BCUT2D eigenvalue weighted by Gasteiger charge is 2.15. The predicted molar refractivity (Wildman–Crippen MR) is 83.4 cm³/mol. The van der Waals surface area contributed by atoms with Crippen LogP contribution in [0.2, 0.25) is 0 Å². The lowest BCUT2D eigenvalue weighted by Gasteiger charge is -2.19. The quantitative estimate of drug-likeness (QED) is 0.857. The maximum atomic E-state index is 4.69. The van der Waals surface area contributed by atoms with Crippen molar-refractivity contribution in [1.29, 1.82) is 0 Å². The van der Waals surface area contributed by atoms with Crippen LogP contribution < -0.4 is 9.80 Å². The van der Waals surface area contributed by atoms with E-state index in [0.717, 1.165) is 34.3 Å². The number of pyridine rings is 1. The van der Waals surface area contributed by atoms with Gasteiger partial charge in [0.15, 0.2) is 0 Å². The van der Waals surface area contributed by atoms with Crippen molar-refractivity contribution in [2.45, 2.75) is 13.8 Å². The average molecular weight is 271 g/mol. The van der Waals surface area contributed by atoms with Gasteiger partial charge in [0.1, 0.15) is 5.82 Å². The fourth-order valence-electron chi connectivity index (χ4n) is 2.01. The maximum Gasteiger partial charge on any atom is 0.225 e. The van der Waals surface area contributed by atoms with Gasteiger partial charge >= 0.3 is 0 Å². The Bertz CT molecular complexity index is 620. The van der Waals surface area contributed by atoms with Crippen molar-refractivity contribution in [3.63, 3.8) is 0 Å². The summed E-state index contributed by atoms with van der Waals surface area (Å²) in [5.41, 5.74) is 4.06. The van der Waals surface area contributed by atoms with Gasteiger partial charge in [0.05, 0.1) is 5.69 Å². The number of anilines is 2. The Morgan fingerprint density at radius 2 is 1.65 bits per heavy atom. The smallest absolute Gasteiger partial charge is 0.225 e. The number of nitrogens with zero attached hydrogens (tertiary/aromatic N) is 5. The first-order chi connectivity index (χ1) is 9.41. The normalized spacial score (nSPS) is 10.5. The Morgan fingerprint density at radius 3 is 2.25 bits per heavy atom. The van der Waals surface area contributed by atoms with Crippen molar-refractivity contribution in [3.05, 3.63) is 29.6 Å². The predicted octanol–water partition coefficient (Wildman–Crippen LogP) is 2.29. The second-order valence-corrected chi connectivity index (χ2v) is 5.25. The summed E-state index contributed by atoms with van der Waals surface area (Å²) >= 11 is 0. The SMILES string of the molecule is Cc1nc(N(C)C)nc(-c2cccnc2N(C)C)c1C. The molecule has 0 N–H and O–H groups in total. The molecule has 2 aromatic rings. The van der Waals surface area contributed by atoms with E-state index >= 15 is 0 Å². The second-order valence-electron chi connectivity index (χ2n) is 5.25. The number of aryl methyl sites for hydroxylation is 1. The van der Waals surface area contributed by atoms with Crippen LogP contribution in [0.5, 0.6) is 0 Å². The first-order valence-electron chi connectivity index (χ1n) is 6.57. The van der Waals surface area contributed by atoms with E-state index in [1.165, 1.54) is 0 Å². The summed E-state index contributed by atoms with van der Waals surface area (Å²) in [6.07, 6.45) is 1.80. The Labute approximate surface area is 120 Å². The van der Waals surface area contributed by atoms with E-state index in [9.17, 15) is 0 Å². The molecule has 0 saturated carbocycles. The highest BCUT2D eigenvalue weighted by Crippen LogP contribution is 2.30. The van der Waals surface area contributed by atoms with Crippen LogP contribution in [0.1, 0.15) is 11.3 Å². The maximum absolute atomic E-state index is 4.69. The molecule has 0 spiro atoms. The molecule has 2 aromatic heterocycles. The fourth-order valence-corrected chi connectivity index (χ4v) is 2.01. The third kappa shape index (κ3) is 2.57. The van der Waals surface area contributed by atoms with Gasteiger partial charge in [-0.3, -0.25) is 0 Å². The minimum Gasteiger partial charge on any atom is -0.362 e. The van der Waals surface area contributed by atoms with Gasteiger partial charge in [-0.1, -0.05) is 0 Å². The second kappa shape index (κ2) is 5.45. The summed E-state index contributed by atoms with van der Waals surface area (Å²) < 4.78 is 0. The highest BCUT2D eigenvalue weighted by atomic mass is 15.2. The molecule has 20 heavy (non-hydrogen) atoms. The van der Waals surface area contributed by atoms with Gasteiger partial charge in [-0.2, -0.15) is 0 Å². The molecule has 0 saturated heterocycles. The van der Waals surface area contributed by atoms with Crippen LogP contribution in [0.15, 0.2) is 18.3 Å². The van der Waals surface area contributed by atoms with Crippen LogP contribution in [0.25, 0.3) is 11.3 Å². The standard InChI is InChI=1S/C15H21N5/c1-10-11(2)17-15(20(5)6)18-13(10)12-8-7-9-16-14(12)19(3)4/h7-9H,1-6H3. The molecule has 0 aliphatic carbocycles. The van der Waals surface area contributed by atoms with Gasteiger partial charge in [0, 0.05) is 45.6 Å². The molecule has 5 nitrogen and oxygen atoms in total. The molecule has 0 fully saturated rings. The van der Waals surface area contributed by atoms with Crippen LogP contribution >= 0.6 is 0 Å². The Hall–Kier alpha value is -2.17. The average Bonchev–Trinajstić information content (AvgIpc) is 2.41. The number of hydrogen-bond acceptors (Lipinski definition) is 5. The van der Waals surface area contributed by atoms with E-state index in [1.54, 1.807) is 6.20 Å². The van der Waals surface area contributed by atoms with Gasteiger partial charge in [0.25, 0.3) is 0 Å². The summed E-state index contributed by atoms with van der Waals surface area (Å²) in [5.74, 6) is 1.63. The molecular weight excluding hydrogens is 250 g/mol. The molecular formula is C15H21N5. The topological polar surface area (TPSA) is 45.2 Å². The van der Waals surface area contributed by atoms with Gasteiger partial charge in [0.2, 0.25) is 5.95 Å². The van der Waals surface area contributed by atoms with Crippen LogP contribution in [0, 0.1) is 13.8 Å². The molecule has 0 radical (unpaired) electrons. The van der Waals surface area contributed by atoms with E-state index in [-0.39, 0.29) is 0 Å². The van der Waals surface area contributed by atoms with E-state index in [1.807, 2.05) is 51.0 Å².